The largest absolute Gasteiger partial charge is 0.445 e. The van der Waals surface area contributed by atoms with Crippen molar-refractivity contribution in [2.24, 2.45) is 0 Å². The van der Waals surface area contributed by atoms with Crippen LogP contribution < -0.4 is 0 Å². The molecule has 4 heterocycles. The normalized spacial score (nSPS) is 16.3. The Hall–Kier alpha value is -3.32. The lowest BCUT2D eigenvalue weighted by atomic mass is 9.97. The Labute approximate surface area is 191 Å². The third kappa shape index (κ3) is 4.21. The molecular formula is C25H24N4O2S. The zero-order valence-corrected chi connectivity index (χ0v) is 18.7. The van der Waals surface area contributed by atoms with Crippen molar-refractivity contribution in [3.8, 4) is 10.6 Å². The molecule has 7 heteroatoms. The highest BCUT2D eigenvalue weighted by Crippen LogP contribution is 2.32. The van der Waals surface area contributed by atoms with Crippen LogP contribution in [0.3, 0.4) is 0 Å². The first-order valence-electron chi connectivity index (χ1n) is 10.8. The van der Waals surface area contributed by atoms with Crippen molar-refractivity contribution in [3.63, 3.8) is 0 Å². The summed E-state index contributed by atoms with van der Waals surface area (Å²) in [6, 6.07) is 13.9. The number of nitrogens with zero attached hydrogens (tertiary/aromatic N) is 4. The highest BCUT2D eigenvalue weighted by molar-refractivity contribution is 7.13. The minimum Gasteiger partial charge on any atom is -0.445 e. The Kier molecular flexibility index (Phi) is 5.81. The molecule has 1 aliphatic rings. The van der Waals surface area contributed by atoms with Crippen LogP contribution in [0.5, 0.6) is 0 Å². The number of hydrogen-bond acceptors (Lipinski definition) is 6. The number of thiazole rings is 1. The van der Waals surface area contributed by atoms with Gasteiger partial charge in [-0.05, 0) is 37.5 Å². The van der Waals surface area contributed by atoms with E-state index in [1.807, 2.05) is 48.4 Å². The lowest BCUT2D eigenvalue weighted by molar-refractivity contribution is 0.0698. The molecule has 6 nitrogen and oxygen atoms in total. The molecular weight excluding hydrogens is 420 g/mol. The molecule has 0 unspecified atom stereocenters. The summed E-state index contributed by atoms with van der Waals surface area (Å²) in [6.45, 7) is 3.27. The third-order valence-corrected chi connectivity index (χ3v) is 6.78. The SMILES string of the molecule is Cc1ncsc1-c1ncccc1C(=O)N1CCC[C@@H](c2ncc(Cc3ccccc3)o2)C1. The second-order valence-electron chi connectivity index (χ2n) is 8.08. The van der Waals surface area contributed by atoms with E-state index in [0.717, 1.165) is 48.0 Å². The number of piperidine rings is 1. The Morgan fingerprint density at radius 1 is 1.16 bits per heavy atom. The molecule has 0 N–H and O–H groups in total. The van der Waals surface area contributed by atoms with Crippen LogP contribution in [0.4, 0.5) is 0 Å². The lowest BCUT2D eigenvalue weighted by Gasteiger charge is -2.31. The van der Waals surface area contributed by atoms with Gasteiger partial charge < -0.3 is 9.32 Å². The first kappa shape index (κ1) is 20.6. The van der Waals surface area contributed by atoms with Crippen molar-refractivity contribution in [1.29, 1.82) is 0 Å². The molecule has 3 aromatic heterocycles. The number of likely N-dealkylation sites (tertiary alicyclic amines) is 1. The number of hydrogen-bond donors (Lipinski definition) is 0. The summed E-state index contributed by atoms with van der Waals surface area (Å²) in [7, 11) is 0. The van der Waals surface area contributed by atoms with E-state index >= 15 is 0 Å². The molecule has 1 fully saturated rings. The van der Waals surface area contributed by atoms with E-state index in [-0.39, 0.29) is 11.8 Å². The van der Waals surface area contributed by atoms with E-state index in [1.54, 1.807) is 11.7 Å². The van der Waals surface area contributed by atoms with E-state index < -0.39 is 0 Å². The number of carbonyl (C=O) groups is 1. The van der Waals surface area contributed by atoms with Crippen molar-refractivity contribution in [3.05, 3.63) is 88.8 Å². The zero-order chi connectivity index (χ0) is 21.9. The van der Waals surface area contributed by atoms with E-state index in [1.165, 1.54) is 16.9 Å². The summed E-state index contributed by atoms with van der Waals surface area (Å²) in [6.07, 6.45) is 6.14. The van der Waals surface area contributed by atoms with Gasteiger partial charge in [-0.3, -0.25) is 9.78 Å². The van der Waals surface area contributed by atoms with Crippen molar-refractivity contribution >= 4 is 17.2 Å². The summed E-state index contributed by atoms with van der Waals surface area (Å²) in [4.78, 5) is 29.7. The maximum Gasteiger partial charge on any atom is 0.256 e. The predicted molar refractivity (Wildman–Crippen MR) is 124 cm³/mol. The summed E-state index contributed by atoms with van der Waals surface area (Å²) in [5.74, 6) is 1.67. The summed E-state index contributed by atoms with van der Waals surface area (Å²) >= 11 is 1.51. The van der Waals surface area contributed by atoms with Gasteiger partial charge in [0.25, 0.3) is 5.91 Å². The van der Waals surface area contributed by atoms with Gasteiger partial charge in [0.15, 0.2) is 5.89 Å². The van der Waals surface area contributed by atoms with Crippen LogP contribution >= 0.6 is 11.3 Å². The van der Waals surface area contributed by atoms with Crippen LogP contribution in [0.2, 0.25) is 0 Å². The highest BCUT2D eigenvalue weighted by atomic mass is 32.1. The number of pyridine rings is 1. The summed E-state index contributed by atoms with van der Waals surface area (Å²) in [5.41, 5.74) is 5.21. The van der Waals surface area contributed by atoms with Gasteiger partial charge in [-0.25, -0.2) is 9.97 Å². The molecule has 1 amide bonds. The first-order chi connectivity index (χ1) is 15.7. The Bertz CT molecular complexity index is 1220. The van der Waals surface area contributed by atoms with E-state index in [0.29, 0.717) is 17.8 Å². The number of aryl methyl sites for hydroxylation is 1. The quantitative estimate of drug-likeness (QED) is 0.428. The highest BCUT2D eigenvalue weighted by Gasteiger charge is 2.30. The Balaban J connectivity index is 1.33. The second-order valence-corrected chi connectivity index (χ2v) is 8.94. The molecule has 1 saturated heterocycles. The molecule has 32 heavy (non-hydrogen) atoms. The third-order valence-electron chi connectivity index (χ3n) is 5.85. The van der Waals surface area contributed by atoms with E-state index in [4.69, 9.17) is 4.42 Å². The molecule has 0 bridgehead atoms. The monoisotopic (exact) mass is 444 g/mol. The molecule has 4 aromatic rings. The minimum absolute atomic E-state index is 0.00154. The maximum atomic E-state index is 13.5. The number of oxazole rings is 1. The fraction of sp³-hybridized carbons (Fsp3) is 0.280. The smallest absolute Gasteiger partial charge is 0.256 e. The van der Waals surface area contributed by atoms with E-state index in [2.05, 4.69) is 27.1 Å². The molecule has 0 spiro atoms. The summed E-state index contributed by atoms with van der Waals surface area (Å²) < 4.78 is 6.09. The first-order valence-corrected chi connectivity index (χ1v) is 11.7. The molecule has 162 valence electrons. The van der Waals surface area contributed by atoms with Gasteiger partial charge in [0.05, 0.1) is 39.5 Å². The van der Waals surface area contributed by atoms with Gasteiger partial charge in [0, 0.05) is 25.7 Å². The minimum atomic E-state index is 0.00154. The summed E-state index contributed by atoms with van der Waals surface area (Å²) in [5, 5.41) is 0. The zero-order valence-electron chi connectivity index (χ0n) is 17.9. The van der Waals surface area contributed by atoms with Crippen LogP contribution in [-0.2, 0) is 6.42 Å². The Morgan fingerprint density at radius 2 is 2.03 bits per heavy atom. The molecule has 5 rings (SSSR count). The molecule has 0 radical (unpaired) electrons. The topological polar surface area (TPSA) is 72.1 Å². The van der Waals surface area contributed by atoms with Crippen molar-refractivity contribution < 1.29 is 9.21 Å². The van der Waals surface area contributed by atoms with E-state index in [9.17, 15) is 4.79 Å². The van der Waals surface area contributed by atoms with Crippen molar-refractivity contribution in [2.45, 2.75) is 32.1 Å². The second kappa shape index (κ2) is 9.04. The van der Waals surface area contributed by atoms with Crippen molar-refractivity contribution in [1.82, 2.24) is 19.9 Å². The average molecular weight is 445 g/mol. The van der Waals surface area contributed by atoms with Crippen molar-refractivity contribution in [2.75, 3.05) is 13.1 Å². The van der Waals surface area contributed by atoms with Gasteiger partial charge in [-0.1, -0.05) is 30.3 Å². The van der Waals surface area contributed by atoms with Crippen LogP contribution in [0.1, 0.15) is 52.0 Å². The average Bonchev–Trinajstić information content (AvgIpc) is 3.48. The molecule has 0 saturated carbocycles. The Morgan fingerprint density at radius 3 is 2.84 bits per heavy atom. The fourth-order valence-corrected chi connectivity index (χ4v) is 5.03. The maximum absolute atomic E-state index is 13.5. The van der Waals surface area contributed by atoms with Gasteiger partial charge in [0.1, 0.15) is 5.76 Å². The fourth-order valence-electron chi connectivity index (χ4n) is 4.21. The number of carbonyl (C=O) groups excluding carboxylic acids is 1. The van der Waals surface area contributed by atoms with Gasteiger partial charge in [-0.2, -0.15) is 0 Å². The van der Waals surface area contributed by atoms with Crippen LogP contribution in [0.25, 0.3) is 10.6 Å². The molecule has 1 aliphatic heterocycles. The molecule has 1 atom stereocenters. The lowest BCUT2D eigenvalue weighted by Crippen LogP contribution is -2.39. The standard InChI is InChI=1S/C25H24N4O2S/c1-17-23(32-16-28-17)22-21(10-5-11-26-22)25(30)29-12-6-9-19(15-29)24-27-14-20(31-24)13-18-7-3-2-4-8-18/h2-5,7-8,10-11,14,16,19H,6,9,12-13,15H2,1H3/t19-/m1/s1. The van der Waals surface area contributed by atoms with Gasteiger partial charge in [-0.15, -0.1) is 11.3 Å². The van der Waals surface area contributed by atoms with Crippen LogP contribution in [-0.4, -0.2) is 38.8 Å². The number of amides is 1. The number of aromatic nitrogens is 3. The molecule has 1 aromatic carbocycles. The number of rotatable bonds is 5. The molecule has 0 aliphatic carbocycles. The van der Waals surface area contributed by atoms with Gasteiger partial charge >= 0.3 is 0 Å². The van der Waals surface area contributed by atoms with Gasteiger partial charge in [0.2, 0.25) is 0 Å². The van der Waals surface area contributed by atoms with Crippen LogP contribution in [0.15, 0.2) is 64.8 Å². The van der Waals surface area contributed by atoms with Crippen LogP contribution in [0, 0.1) is 6.92 Å². The predicted octanol–water partition coefficient (Wildman–Crippen LogP) is 5.11. The number of benzene rings is 1.